The van der Waals surface area contributed by atoms with Crippen LogP contribution in [0.15, 0.2) is 5.10 Å². The number of nitrogens with one attached hydrogen (secondary N) is 1. The van der Waals surface area contributed by atoms with Gasteiger partial charge in [-0.25, -0.2) is 0 Å². The van der Waals surface area contributed by atoms with E-state index in [9.17, 15) is 4.21 Å². The van der Waals surface area contributed by atoms with Crippen molar-refractivity contribution >= 4 is 16.5 Å². The van der Waals surface area contributed by atoms with Gasteiger partial charge in [0.25, 0.3) is 0 Å². The van der Waals surface area contributed by atoms with Gasteiger partial charge in [0.1, 0.15) is 0 Å². The lowest BCUT2D eigenvalue weighted by Crippen LogP contribution is -2.21. The first-order valence-electron chi connectivity index (χ1n) is 4.46. The summed E-state index contributed by atoms with van der Waals surface area (Å²) < 4.78 is 11.0. The molecule has 1 heterocycles. The monoisotopic (exact) mass is 188 g/mol. The molecule has 1 fully saturated rings. The van der Waals surface area contributed by atoms with Gasteiger partial charge < -0.3 is 5.43 Å². The van der Waals surface area contributed by atoms with Crippen LogP contribution in [0.2, 0.25) is 0 Å². The molecule has 1 rings (SSSR count). The molecule has 0 amide bonds. The van der Waals surface area contributed by atoms with Crippen LogP contribution < -0.4 is 5.43 Å². The van der Waals surface area contributed by atoms with Crippen LogP contribution in [0.5, 0.6) is 0 Å². The van der Waals surface area contributed by atoms with Gasteiger partial charge in [-0.05, 0) is 19.3 Å². The zero-order chi connectivity index (χ0) is 8.81. The Bertz CT molecular complexity index is 179. The number of hydrogen-bond donors (Lipinski definition) is 1. The molecule has 1 aliphatic heterocycles. The van der Waals surface area contributed by atoms with E-state index < -0.39 is 10.8 Å². The molecule has 0 unspecified atom stereocenters. The van der Waals surface area contributed by atoms with E-state index >= 15 is 0 Å². The van der Waals surface area contributed by atoms with Crippen molar-refractivity contribution in [2.75, 3.05) is 18.1 Å². The summed E-state index contributed by atoms with van der Waals surface area (Å²) in [6.45, 7) is 3.05. The van der Waals surface area contributed by atoms with Crippen LogP contribution in [-0.4, -0.2) is 28.0 Å². The molecule has 4 heteroatoms. The molecule has 0 aromatic rings. The molecule has 3 nitrogen and oxygen atoms in total. The van der Waals surface area contributed by atoms with Crippen LogP contribution >= 0.6 is 0 Å². The Morgan fingerprint density at radius 1 is 1.50 bits per heavy atom. The van der Waals surface area contributed by atoms with E-state index in [0.717, 1.165) is 37.3 Å². The summed E-state index contributed by atoms with van der Waals surface area (Å²) in [4.78, 5) is 0. The van der Waals surface area contributed by atoms with E-state index in [1.807, 2.05) is 0 Å². The number of rotatable bonds is 3. The molecule has 0 spiro atoms. The van der Waals surface area contributed by atoms with E-state index in [4.69, 9.17) is 0 Å². The summed E-state index contributed by atoms with van der Waals surface area (Å²) in [5.74, 6) is 1.60. The molecule has 1 N–H and O–H groups in total. The SMILES string of the molecule is CCCNN=C1CCS(=O)CC1. The van der Waals surface area contributed by atoms with Gasteiger partial charge in [-0.15, -0.1) is 0 Å². The largest absolute Gasteiger partial charge is 0.310 e. The fraction of sp³-hybridized carbons (Fsp3) is 0.875. The van der Waals surface area contributed by atoms with Gasteiger partial charge in [0.15, 0.2) is 0 Å². The second kappa shape index (κ2) is 5.30. The molecule has 0 bridgehead atoms. The van der Waals surface area contributed by atoms with Crippen LogP contribution in [0.3, 0.4) is 0 Å². The minimum absolute atomic E-state index is 0.577. The molecular formula is C8H16N2OS. The first-order valence-corrected chi connectivity index (χ1v) is 5.95. The van der Waals surface area contributed by atoms with Gasteiger partial charge in [-0.3, -0.25) is 4.21 Å². The summed E-state index contributed by atoms with van der Waals surface area (Å²) >= 11 is 0. The van der Waals surface area contributed by atoms with Crippen molar-refractivity contribution in [1.82, 2.24) is 5.43 Å². The smallest absolute Gasteiger partial charge is 0.0396 e. The van der Waals surface area contributed by atoms with E-state index in [2.05, 4.69) is 17.5 Å². The summed E-state index contributed by atoms with van der Waals surface area (Å²) in [5.41, 5.74) is 4.19. The maximum atomic E-state index is 11.0. The van der Waals surface area contributed by atoms with Gasteiger partial charge in [0.2, 0.25) is 0 Å². The third-order valence-electron chi connectivity index (χ3n) is 1.84. The number of hydrazone groups is 1. The van der Waals surface area contributed by atoms with E-state index in [1.54, 1.807) is 0 Å². The minimum atomic E-state index is -0.577. The normalized spacial score (nSPS) is 23.8. The Kier molecular flexibility index (Phi) is 4.29. The van der Waals surface area contributed by atoms with Gasteiger partial charge in [0, 0.05) is 34.6 Å². The second-order valence-electron chi connectivity index (χ2n) is 2.93. The van der Waals surface area contributed by atoms with Crippen LogP contribution in [0, 0.1) is 0 Å². The van der Waals surface area contributed by atoms with E-state index in [-0.39, 0.29) is 0 Å². The van der Waals surface area contributed by atoms with Gasteiger partial charge in [-0.1, -0.05) is 6.92 Å². The van der Waals surface area contributed by atoms with Gasteiger partial charge in [-0.2, -0.15) is 5.10 Å². The van der Waals surface area contributed by atoms with E-state index in [0.29, 0.717) is 0 Å². The third kappa shape index (κ3) is 3.34. The lowest BCUT2D eigenvalue weighted by molar-refractivity contribution is 0.678. The predicted molar refractivity (Wildman–Crippen MR) is 52.8 cm³/mol. The fourth-order valence-corrected chi connectivity index (χ4v) is 2.21. The highest BCUT2D eigenvalue weighted by atomic mass is 32.2. The summed E-state index contributed by atoms with van der Waals surface area (Å²) in [7, 11) is -0.577. The van der Waals surface area contributed by atoms with Gasteiger partial charge in [0.05, 0.1) is 0 Å². The molecule has 0 radical (unpaired) electrons. The highest BCUT2D eigenvalue weighted by molar-refractivity contribution is 7.85. The maximum Gasteiger partial charge on any atom is 0.0396 e. The highest BCUT2D eigenvalue weighted by Gasteiger charge is 2.11. The summed E-state index contributed by atoms with van der Waals surface area (Å²) in [6.07, 6.45) is 2.91. The predicted octanol–water partition coefficient (Wildman–Crippen LogP) is 0.884. The van der Waals surface area contributed by atoms with Crippen molar-refractivity contribution in [2.24, 2.45) is 5.10 Å². The fourth-order valence-electron chi connectivity index (χ4n) is 1.08. The Morgan fingerprint density at radius 3 is 2.75 bits per heavy atom. The quantitative estimate of drug-likeness (QED) is 0.528. The van der Waals surface area contributed by atoms with Crippen molar-refractivity contribution < 1.29 is 4.21 Å². The molecule has 1 aliphatic rings. The lowest BCUT2D eigenvalue weighted by Gasteiger charge is -2.12. The molecule has 0 atom stereocenters. The molecular weight excluding hydrogens is 172 g/mol. The van der Waals surface area contributed by atoms with Crippen LogP contribution in [0.25, 0.3) is 0 Å². The molecule has 12 heavy (non-hydrogen) atoms. The molecule has 70 valence electrons. The van der Waals surface area contributed by atoms with Crippen molar-refractivity contribution in [1.29, 1.82) is 0 Å². The van der Waals surface area contributed by atoms with Crippen LogP contribution in [0.4, 0.5) is 0 Å². The average molecular weight is 188 g/mol. The van der Waals surface area contributed by atoms with Crippen molar-refractivity contribution in [2.45, 2.75) is 26.2 Å². The maximum absolute atomic E-state index is 11.0. The Hall–Kier alpha value is -0.380. The molecule has 0 aromatic carbocycles. The third-order valence-corrected chi connectivity index (χ3v) is 3.15. The van der Waals surface area contributed by atoms with Crippen LogP contribution in [0.1, 0.15) is 26.2 Å². The lowest BCUT2D eigenvalue weighted by atomic mass is 10.2. The van der Waals surface area contributed by atoms with Crippen molar-refractivity contribution in [3.8, 4) is 0 Å². The highest BCUT2D eigenvalue weighted by Crippen LogP contribution is 2.04. The number of nitrogens with zero attached hydrogens (tertiary/aromatic N) is 1. The van der Waals surface area contributed by atoms with Crippen molar-refractivity contribution in [3.05, 3.63) is 0 Å². The topological polar surface area (TPSA) is 41.5 Å². The summed E-state index contributed by atoms with van der Waals surface area (Å²) in [6, 6.07) is 0. The molecule has 1 saturated heterocycles. The van der Waals surface area contributed by atoms with Gasteiger partial charge >= 0.3 is 0 Å². The zero-order valence-corrected chi connectivity index (χ0v) is 8.32. The molecule has 0 aromatic heterocycles. The Morgan fingerprint density at radius 2 is 2.17 bits per heavy atom. The Balaban J connectivity index is 2.24. The van der Waals surface area contributed by atoms with Crippen LogP contribution in [-0.2, 0) is 10.8 Å². The number of hydrogen-bond acceptors (Lipinski definition) is 3. The molecule has 0 aliphatic carbocycles. The second-order valence-corrected chi connectivity index (χ2v) is 4.63. The first-order chi connectivity index (χ1) is 5.83. The Labute approximate surface area is 76.1 Å². The van der Waals surface area contributed by atoms with Crippen molar-refractivity contribution in [3.63, 3.8) is 0 Å². The zero-order valence-electron chi connectivity index (χ0n) is 7.51. The molecule has 0 saturated carbocycles. The summed E-state index contributed by atoms with van der Waals surface area (Å²) in [5, 5.41) is 4.24. The first kappa shape index (κ1) is 9.71. The average Bonchev–Trinajstić information content (AvgIpc) is 2.09. The van der Waals surface area contributed by atoms with E-state index in [1.165, 1.54) is 5.71 Å². The minimum Gasteiger partial charge on any atom is -0.310 e. The standard InChI is InChI=1S/C8H16N2OS/c1-2-5-9-10-8-3-6-12(11)7-4-8/h9H,2-7H2,1H3.